The molecule has 92 valence electrons. The highest BCUT2D eigenvalue weighted by atomic mass is 16.1. The predicted molar refractivity (Wildman–Crippen MR) is 69.9 cm³/mol. The fraction of sp³-hybridized carbons (Fsp3) is 0.462. The maximum Gasteiger partial charge on any atom is 0.217 e. The van der Waals surface area contributed by atoms with E-state index in [1.54, 1.807) is 6.92 Å². The molecule has 2 rings (SSSR count). The zero-order chi connectivity index (χ0) is 12.3. The number of hydrogen-bond donors (Lipinski definition) is 2. The number of piperidine rings is 1. The number of nitrogen functional groups attached to an aromatic ring is 1. The molecule has 0 unspecified atom stereocenters. The van der Waals surface area contributed by atoms with E-state index in [1.807, 2.05) is 18.2 Å². The molecule has 0 saturated carbocycles. The van der Waals surface area contributed by atoms with Crippen LogP contribution in [0.25, 0.3) is 0 Å². The van der Waals surface area contributed by atoms with Gasteiger partial charge in [-0.1, -0.05) is 6.07 Å². The lowest BCUT2D eigenvalue weighted by Crippen LogP contribution is -2.44. The van der Waals surface area contributed by atoms with E-state index < -0.39 is 0 Å². The zero-order valence-corrected chi connectivity index (χ0v) is 10.1. The summed E-state index contributed by atoms with van der Waals surface area (Å²) in [4.78, 5) is 13.3. The minimum Gasteiger partial charge on any atom is -0.399 e. The molecule has 4 heteroatoms. The topological polar surface area (TPSA) is 58.4 Å². The van der Waals surface area contributed by atoms with Crippen LogP contribution in [0.3, 0.4) is 0 Å². The SMILES string of the molecule is CC(=O)NC1CCN(c2cccc(N)c2)CC1. The lowest BCUT2D eigenvalue weighted by Gasteiger charge is -2.33. The van der Waals surface area contributed by atoms with Gasteiger partial charge >= 0.3 is 0 Å². The fourth-order valence-electron chi connectivity index (χ4n) is 2.29. The second-order valence-electron chi connectivity index (χ2n) is 4.56. The fourth-order valence-corrected chi connectivity index (χ4v) is 2.29. The van der Waals surface area contributed by atoms with E-state index in [-0.39, 0.29) is 5.91 Å². The van der Waals surface area contributed by atoms with Gasteiger partial charge in [0.05, 0.1) is 0 Å². The van der Waals surface area contributed by atoms with Crippen LogP contribution in [-0.2, 0) is 4.79 Å². The summed E-state index contributed by atoms with van der Waals surface area (Å²) in [5.74, 6) is 0.0624. The first-order valence-corrected chi connectivity index (χ1v) is 6.03. The van der Waals surface area contributed by atoms with Crippen LogP contribution in [0.2, 0.25) is 0 Å². The van der Waals surface area contributed by atoms with Crippen LogP contribution < -0.4 is 16.0 Å². The molecule has 1 heterocycles. The molecule has 1 aromatic carbocycles. The van der Waals surface area contributed by atoms with Gasteiger partial charge in [-0.2, -0.15) is 0 Å². The maximum absolute atomic E-state index is 11.0. The smallest absolute Gasteiger partial charge is 0.217 e. The van der Waals surface area contributed by atoms with E-state index in [9.17, 15) is 4.79 Å². The van der Waals surface area contributed by atoms with Gasteiger partial charge in [0.1, 0.15) is 0 Å². The highest BCUT2D eigenvalue weighted by molar-refractivity contribution is 5.73. The van der Waals surface area contributed by atoms with E-state index in [0.717, 1.165) is 31.6 Å². The molecule has 0 aliphatic carbocycles. The summed E-state index contributed by atoms with van der Waals surface area (Å²) in [5, 5.41) is 2.97. The number of nitrogens with two attached hydrogens (primary N) is 1. The average molecular weight is 233 g/mol. The molecule has 1 fully saturated rings. The number of carbonyl (C=O) groups excluding carboxylic acids is 1. The van der Waals surface area contributed by atoms with Crippen molar-refractivity contribution in [2.75, 3.05) is 23.7 Å². The zero-order valence-electron chi connectivity index (χ0n) is 10.1. The van der Waals surface area contributed by atoms with Crippen molar-refractivity contribution in [3.8, 4) is 0 Å². The minimum atomic E-state index is 0.0624. The Bertz CT molecular complexity index is 397. The molecule has 0 atom stereocenters. The van der Waals surface area contributed by atoms with Gasteiger partial charge < -0.3 is 16.0 Å². The third kappa shape index (κ3) is 3.12. The molecule has 4 nitrogen and oxygen atoms in total. The van der Waals surface area contributed by atoms with Crippen molar-refractivity contribution in [2.45, 2.75) is 25.8 Å². The third-order valence-electron chi connectivity index (χ3n) is 3.14. The Labute approximate surface area is 102 Å². The number of anilines is 2. The summed E-state index contributed by atoms with van der Waals surface area (Å²) in [6.07, 6.45) is 1.99. The van der Waals surface area contributed by atoms with E-state index in [4.69, 9.17) is 5.73 Å². The maximum atomic E-state index is 11.0. The van der Waals surface area contributed by atoms with Gasteiger partial charge in [0, 0.05) is 37.4 Å². The molecule has 1 aliphatic heterocycles. The van der Waals surface area contributed by atoms with Gasteiger partial charge in [0.25, 0.3) is 0 Å². The Kier molecular flexibility index (Phi) is 3.52. The van der Waals surface area contributed by atoms with Crippen LogP contribution in [0, 0.1) is 0 Å². The number of hydrogen-bond acceptors (Lipinski definition) is 3. The standard InChI is InChI=1S/C13H19N3O/c1-10(17)15-12-5-7-16(8-6-12)13-4-2-3-11(14)9-13/h2-4,9,12H,5-8,14H2,1H3,(H,15,17). The normalized spacial score (nSPS) is 16.9. The molecule has 1 aromatic rings. The Morgan fingerprint density at radius 1 is 1.41 bits per heavy atom. The monoisotopic (exact) mass is 233 g/mol. The van der Waals surface area contributed by atoms with Crippen molar-refractivity contribution < 1.29 is 4.79 Å². The van der Waals surface area contributed by atoms with E-state index in [1.165, 1.54) is 5.69 Å². The van der Waals surface area contributed by atoms with Gasteiger partial charge in [0.15, 0.2) is 0 Å². The predicted octanol–water partition coefficient (Wildman–Crippen LogP) is 1.37. The molecule has 1 aliphatic rings. The summed E-state index contributed by atoms with van der Waals surface area (Å²) >= 11 is 0. The summed E-state index contributed by atoms with van der Waals surface area (Å²) in [6.45, 7) is 3.51. The molecule has 0 spiro atoms. The Hall–Kier alpha value is -1.71. The second kappa shape index (κ2) is 5.08. The van der Waals surface area contributed by atoms with Crippen LogP contribution >= 0.6 is 0 Å². The van der Waals surface area contributed by atoms with Crippen molar-refractivity contribution in [3.63, 3.8) is 0 Å². The molecule has 0 aromatic heterocycles. The molecule has 3 N–H and O–H groups in total. The molecular weight excluding hydrogens is 214 g/mol. The van der Waals surface area contributed by atoms with E-state index in [2.05, 4.69) is 16.3 Å². The number of carbonyl (C=O) groups is 1. The average Bonchev–Trinajstić information content (AvgIpc) is 2.29. The lowest BCUT2D eigenvalue weighted by molar-refractivity contribution is -0.119. The van der Waals surface area contributed by atoms with Crippen LogP contribution in [0.15, 0.2) is 24.3 Å². The van der Waals surface area contributed by atoms with Crippen molar-refractivity contribution in [2.24, 2.45) is 0 Å². The number of nitrogens with zero attached hydrogens (tertiary/aromatic N) is 1. The molecular formula is C13H19N3O. The van der Waals surface area contributed by atoms with Crippen LogP contribution in [0.4, 0.5) is 11.4 Å². The highest BCUT2D eigenvalue weighted by Gasteiger charge is 2.19. The first-order valence-electron chi connectivity index (χ1n) is 6.03. The van der Waals surface area contributed by atoms with Crippen molar-refractivity contribution >= 4 is 17.3 Å². The molecule has 17 heavy (non-hydrogen) atoms. The Balaban J connectivity index is 1.93. The molecule has 0 radical (unpaired) electrons. The molecule has 1 amide bonds. The highest BCUT2D eigenvalue weighted by Crippen LogP contribution is 2.21. The number of amides is 1. The first-order chi connectivity index (χ1) is 8.15. The third-order valence-corrected chi connectivity index (χ3v) is 3.14. The summed E-state index contributed by atoms with van der Waals surface area (Å²) < 4.78 is 0. The van der Waals surface area contributed by atoms with Crippen molar-refractivity contribution in [1.29, 1.82) is 0 Å². The summed E-state index contributed by atoms with van der Waals surface area (Å²) in [5.41, 5.74) is 7.74. The quantitative estimate of drug-likeness (QED) is 0.759. The van der Waals surface area contributed by atoms with Gasteiger partial charge in [-0.25, -0.2) is 0 Å². The van der Waals surface area contributed by atoms with E-state index in [0.29, 0.717) is 6.04 Å². The Morgan fingerprint density at radius 3 is 2.71 bits per heavy atom. The van der Waals surface area contributed by atoms with E-state index >= 15 is 0 Å². The number of rotatable bonds is 2. The summed E-state index contributed by atoms with van der Waals surface area (Å²) in [7, 11) is 0. The van der Waals surface area contributed by atoms with Crippen molar-refractivity contribution in [3.05, 3.63) is 24.3 Å². The minimum absolute atomic E-state index is 0.0624. The molecule has 1 saturated heterocycles. The van der Waals surface area contributed by atoms with Gasteiger partial charge in [-0.3, -0.25) is 4.79 Å². The first kappa shape index (κ1) is 11.8. The van der Waals surface area contributed by atoms with Crippen LogP contribution in [-0.4, -0.2) is 25.0 Å². The molecule has 0 bridgehead atoms. The van der Waals surface area contributed by atoms with Gasteiger partial charge in [-0.05, 0) is 31.0 Å². The number of nitrogens with one attached hydrogen (secondary N) is 1. The van der Waals surface area contributed by atoms with Crippen LogP contribution in [0.1, 0.15) is 19.8 Å². The lowest BCUT2D eigenvalue weighted by atomic mass is 10.0. The Morgan fingerprint density at radius 2 is 2.12 bits per heavy atom. The summed E-state index contributed by atoms with van der Waals surface area (Å²) in [6, 6.07) is 8.27. The largest absolute Gasteiger partial charge is 0.399 e. The number of benzene rings is 1. The van der Waals surface area contributed by atoms with Crippen molar-refractivity contribution in [1.82, 2.24) is 5.32 Å². The van der Waals surface area contributed by atoms with Crippen LogP contribution in [0.5, 0.6) is 0 Å². The second-order valence-corrected chi connectivity index (χ2v) is 4.56. The van der Waals surface area contributed by atoms with Gasteiger partial charge in [0.2, 0.25) is 5.91 Å². The van der Waals surface area contributed by atoms with Gasteiger partial charge in [-0.15, -0.1) is 0 Å².